The normalized spacial score (nSPS) is 13.6. The number of carbonyl (C=O) groups excluding carboxylic acids is 1. The zero-order chi connectivity index (χ0) is 19.4. The van der Waals surface area contributed by atoms with Crippen molar-refractivity contribution >= 4 is 45.3 Å². The number of fused-ring (bicyclic) bond motifs is 1. The quantitative estimate of drug-likeness (QED) is 0.388. The minimum Gasteiger partial charge on any atom is -0.465 e. The predicted octanol–water partition coefficient (Wildman–Crippen LogP) is 5.74. The van der Waals surface area contributed by atoms with E-state index < -0.39 is 0 Å². The van der Waals surface area contributed by atoms with E-state index in [9.17, 15) is 4.79 Å². The van der Waals surface area contributed by atoms with Crippen LogP contribution in [0.3, 0.4) is 0 Å². The van der Waals surface area contributed by atoms with E-state index in [0.717, 1.165) is 41.9 Å². The zero-order valence-electron chi connectivity index (χ0n) is 16.1. The molecule has 0 spiro atoms. The summed E-state index contributed by atoms with van der Waals surface area (Å²) in [4.78, 5) is 13.7. The van der Waals surface area contributed by atoms with Crippen LogP contribution in [-0.4, -0.2) is 18.2 Å². The molecule has 0 saturated heterocycles. The molecule has 27 heavy (non-hydrogen) atoms. The van der Waals surface area contributed by atoms with E-state index in [1.807, 2.05) is 18.2 Å². The van der Waals surface area contributed by atoms with Crippen LogP contribution < -0.4 is 10.6 Å². The van der Waals surface area contributed by atoms with Crippen molar-refractivity contribution in [2.24, 2.45) is 0 Å². The van der Waals surface area contributed by atoms with Gasteiger partial charge in [-0.25, -0.2) is 4.79 Å². The Kier molecular flexibility index (Phi) is 6.50. The Hall–Kier alpha value is -1.92. The van der Waals surface area contributed by atoms with E-state index in [1.54, 1.807) is 11.3 Å². The summed E-state index contributed by atoms with van der Waals surface area (Å²) < 4.78 is 5.06. The molecule has 0 fully saturated rings. The first-order valence-corrected chi connectivity index (χ1v) is 10.6. The molecule has 0 bridgehead atoms. The number of carbonyl (C=O) groups is 1. The topological polar surface area (TPSA) is 50.4 Å². The number of thiocarbonyl (C=S) groups is 1. The van der Waals surface area contributed by atoms with Crippen LogP contribution in [0, 0.1) is 0 Å². The third-order valence-electron chi connectivity index (χ3n) is 4.87. The molecular formula is C21H26N2O2S2. The summed E-state index contributed by atoms with van der Waals surface area (Å²) in [5.74, 6) is 0.0993. The van der Waals surface area contributed by atoms with Gasteiger partial charge in [0.15, 0.2) is 5.11 Å². The van der Waals surface area contributed by atoms with Crippen molar-refractivity contribution in [2.75, 3.05) is 17.7 Å². The molecule has 0 amide bonds. The number of methoxy groups -OCH3 is 1. The van der Waals surface area contributed by atoms with Crippen LogP contribution in [0.5, 0.6) is 0 Å². The van der Waals surface area contributed by atoms with E-state index in [0.29, 0.717) is 16.6 Å². The molecule has 0 unspecified atom stereocenters. The van der Waals surface area contributed by atoms with Gasteiger partial charge in [0.1, 0.15) is 5.00 Å². The highest BCUT2D eigenvalue weighted by atomic mass is 32.1. The molecule has 4 nitrogen and oxygen atoms in total. The third-order valence-corrected chi connectivity index (χ3v) is 6.28. The van der Waals surface area contributed by atoms with Crippen molar-refractivity contribution in [3.63, 3.8) is 0 Å². The maximum Gasteiger partial charge on any atom is 0.341 e. The fourth-order valence-corrected chi connectivity index (χ4v) is 5.08. The first-order chi connectivity index (χ1) is 13.0. The highest BCUT2D eigenvalue weighted by Gasteiger charge is 2.25. The lowest BCUT2D eigenvalue weighted by Gasteiger charge is -2.16. The number of benzene rings is 1. The van der Waals surface area contributed by atoms with E-state index >= 15 is 0 Å². The van der Waals surface area contributed by atoms with Crippen LogP contribution in [0.2, 0.25) is 0 Å². The van der Waals surface area contributed by atoms with Crippen molar-refractivity contribution in [1.29, 1.82) is 0 Å². The van der Waals surface area contributed by atoms with Crippen LogP contribution in [0.25, 0.3) is 0 Å². The van der Waals surface area contributed by atoms with Crippen LogP contribution in [0.1, 0.15) is 65.4 Å². The van der Waals surface area contributed by atoms with Crippen LogP contribution >= 0.6 is 23.6 Å². The van der Waals surface area contributed by atoms with Gasteiger partial charge in [-0.1, -0.05) is 38.5 Å². The maximum absolute atomic E-state index is 12.4. The summed E-state index contributed by atoms with van der Waals surface area (Å²) in [6.45, 7) is 4.31. The molecule has 0 radical (unpaired) electrons. The molecule has 2 N–H and O–H groups in total. The Balaban J connectivity index is 1.85. The van der Waals surface area contributed by atoms with Gasteiger partial charge >= 0.3 is 5.97 Å². The van der Waals surface area contributed by atoms with E-state index in [2.05, 4.69) is 30.5 Å². The Morgan fingerprint density at radius 3 is 2.63 bits per heavy atom. The van der Waals surface area contributed by atoms with Gasteiger partial charge in [0, 0.05) is 10.6 Å². The Bertz CT molecular complexity index is 843. The van der Waals surface area contributed by atoms with Crippen molar-refractivity contribution < 1.29 is 9.53 Å². The highest BCUT2D eigenvalue weighted by molar-refractivity contribution is 7.80. The summed E-state index contributed by atoms with van der Waals surface area (Å²) in [5.41, 5.74) is 3.98. The standard InChI is InChI=1S/C21H26N2O2S2/c1-13(2)14-9-7-8-11-16(14)22-21(26)23-19-18(20(24)25-3)15-10-5-4-6-12-17(15)27-19/h7-9,11,13H,4-6,10,12H2,1-3H3,(H2,22,23,26). The third kappa shape index (κ3) is 4.50. The molecule has 1 aromatic carbocycles. The minimum absolute atomic E-state index is 0.290. The molecule has 6 heteroatoms. The average Bonchev–Trinajstić information content (AvgIpc) is 2.82. The van der Waals surface area contributed by atoms with Gasteiger partial charge in [0.25, 0.3) is 0 Å². The van der Waals surface area contributed by atoms with Crippen molar-refractivity contribution in [2.45, 2.75) is 51.9 Å². The molecule has 1 aliphatic rings. The van der Waals surface area contributed by atoms with E-state index in [1.165, 1.54) is 24.0 Å². The summed E-state index contributed by atoms with van der Waals surface area (Å²) >= 11 is 7.18. The molecule has 0 saturated carbocycles. The van der Waals surface area contributed by atoms with Gasteiger partial charge in [-0.3, -0.25) is 0 Å². The van der Waals surface area contributed by atoms with Crippen molar-refractivity contribution in [3.8, 4) is 0 Å². The zero-order valence-corrected chi connectivity index (χ0v) is 17.7. The smallest absolute Gasteiger partial charge is 0.341 e. The van der Waals surface area contributed by atoms with Gasteiger partial charge in [-0.05, 0) is 61.0 Å². The molecule has 2 aromatic rings. The minimum atomic E-state index is -0.290. The Morgan fingerprint density at radius 2 is 1.89 bits per heavy atom. The highest BCUT2D eigenvalue weighted by Crippen LogP contribution is 2.38. The van der Waals surface area contributed by atoms with Crippen LogP contribution in [-0.2, 0) is 17.6 Å². The largest absolute Gasteiger partial charge is 0.465 e. The number of hydrogen-bond donors (Lipinski definition) is 2. The fraction of sp³-hybridized carbons (Fsp3) is 0.429. The monoisotopic (exact) mass is 402 g/mol. The lowest BCUT2D eigenvalue weighted by atomic mass is 10.0. The van der Waals surface area contributed by atoms with Crippen molar-refractivity contribution in [1.82, 2.24) is 0 Å². The Labute approximate surface area is 170 Å². The SMILES string of the molecule is COC(=O)c1c(NC(=S)Nc2ccccc2C(C)C)sc2c1CCCCC2. The number of thiophene rings is 1. The van der Waals surface area contributed by atoms with E-state index in [-0.39, 0.29) is 5.97 Å². The molecule has 3 rings (SSSR count). The van der Waals surface area contributed by atoms with Gasteiger partial charge in [-0.15, -0.1) is 11.3 Å². The molecule has 1 aliphatic carbocycles. The Morgan fingerprint density at radius 1 is 1.15 bits per heavy atom. The second kappa shape index (κ2) is 8.85. The summed E-state index contributed by atoms with van der Waals surface area (Å²) in [6, 6.07) is 8.14. The number of aryl methyl sites for hydroxylation is 1. The number of nitrogens with one attached hydrogen (secondary N) is 2. The van der Waals surface area contributed by atoms with Crippen LogP contribution in [0.4, 0.5) is 10.7 Å². The summed E-state index contributed by atoms with van der Waals surface area (Å²) in [5, 5.41) is 7.82. The average molecular weight is 403 g/mol. The molecule has 0 aliphatic heterocycles. The maximum atomic E-state index is 12.4. The lowest BCUT2D eigenvalue weighted by Crippen LogP contribution is -2.21. The van der Waals surface area contributed by atoms with E-state index in [4.69, 9.17) is 17.0 Å². The van der Waals surface area contributed by atoms with Gasteiger partial charge in [0.05, 0.1) is 12.7 Å². The second-order valence-electron chi connectivity index (χ2n) is 7.08. The molecule has 1 aromatic heterocycles. The second-order valence-corrected chi connectivity index (χ2v) is 8.59. The number of para-hydroxylation sites is 1. The summed E-state index contributed by atoms with van der Waals surface area (Å²) in [6.07, 6.45) is 5.42. The molecular weight excluding hydrogens is 376 g/mol. The number of hydrogen-bond acceptors (Lipinski definition) is 4. The number of anilines is 2. The fourth-order valence-electron chi connectivity index (χ4n) is 3.52. The van der Waals surface area contributed by atoms with Gasteiger partial charge in [-0.2, -0.15) is 0 Å². The number of ether oxygens (including phenoxy) is 1. The number of rotatable bonds is 4. The first kappa shape index (κ1) is 19.8. The predicted molar refractivity (Wildman–Crippen MR) is 117 cm³/mol. The van der Waals surface area contributed by atoms with Gasteiger partial charge in [0.2, 0.25) is 0 Å². The van der Waals surface area contributed by atoms with Crippen LogP contribution in [0.15, 0.2) is 24.3 Å². The molecule has 0 atom stereocenters. The van der Waals surface area contributed by atoms with Gasteiger partial charge < -0.3 is 15.4 Å². The van der Waals surface area contributed by atoms with Crippen molar-refractivity contribution in [3.05, 3.63) is 45.8 Å². The number of esters is 1. The first-order valence-electron chi connectivity index (χ1n) is 9.41. The molecule has 1 heterocycles. The summed E-state index contributed by atoms with van der Waals surface area (Å²) in [7, 11) is 1.43. The molecule has 144 valence electrons. The lowest BCUT2D eigenvalue weighted by molar-refractivity contribution is 0.0601.